The van der Waals surface area contributed by atoms with Crippen LogP contribution in [0.25, 0.3) is 0 Å². The Hall–Kier alpha value is -1.80. The fourth-order valence-electron chi connectivity index (χ4n) is 2.45. The van der Waals surface area contributed by atoms with E-state index in [0.29, 0.717) is 6.54 Å². The zero-order valence-corrected chi connectivity index (χ0v) is 11.8. The molecular weight excluding hydrogens is 234 g/mol. The van der Waals surface area contributed by atoms with Gasteiger partial charge >= 0.3 is 0 Å². The van der Waals surface area contributed by atoms with Gasteiger partial charge in [-0.2, -0.15) is 0 Å². The van der Waals surface area contributed by atoms with Crippen LogP contribution in [0.2, 0.25) is 0 Å². The molecule has 2 heteroatoms. The van der Waals surface area contributed by atoms with Gasteiger partial charge in [-0.3, -0.25) is 0 Å². The summed E-state index contributed by atoms with van der Waals surface area (Å²) in [6.45, 7) is 6.81. The molecule has 2 rings (SSSR count). The third-order valence-corrected chi connectivity index (χ3v) is 3.33. The molecule has 2 nitrogen and oxygen atoms in total. The molecule has 0 amide bonds. The van der Waals surface area contributed by atoms with Gasteiger partial charge in [-0.25, -0.2) is 0 Å². The second-order valence-corrected chi connectivity index (χ2v) is 5.08. The molecule has 0 saturated carbocycles. The van der Waals surface area contributed by atoms with Crippen molar-refractivity contribution >= 4 is 5.69 Å². The molecule has 0 radical (unpaired) electrons. The van der Waals surface area contributed by atoms with Crippen LogP contribution in [0.5, 0.6) is 0 Å². The largest absolute Gasteiger partial charge is 0.387 e. The van der Waals surface area contributed by atoms with E-state index in [0.717, 1.165) is 11.3 Å². The van der Waals surface area contributed by atoms with Gasteiger partial charge in [0.15, 0.2) is 0 Å². The van der Waals surface area contributed by atoms with E-state index in [-0.39, 0.29) is 1.43 Å². The van der Waals surface area contributed by atoms with Crippen LogP contribution in [-0.2, 0) is 0 Å². The number of aliphatic hydroxyl groups is 1. The summed E-state index contributed by atoms with van der Waals surface area (Å²) >= 11 is 0. The van der Waals surface area contributed by atoms with Crippen LogP contribution in [0.3, 0.4) is 0 Å². The summed E-state index contributed by atoms with van der Waals surface area (Å²) in [6.07, 6.45) is -0.485. The standard InChI is InChI=1S/C17H21NO.H2/c1-12-9-13(2)17(14(3)10-12)18-11-16(19)15-7-5-4-6-8-15;/h4-10,16,18-19H,11H2,1-3H3;1H. The highest BCUT2D eigenvalue weighted by Gasteiger charge is 2.09. The quantitative estimate of drug-likeness (QED) is 0.867. The lowest BCUT2D eigenvalue weighted by Crippen LogP contribution is -2.13. The van der Waals surface area contributed by atoms with Crippen LogP contribution in [0.1, 0.15) is 29.8 Å². The summed E-state index contributed by atoms with van der Waals surface area (Å²) in [5, 5.41) is 13.5. The molecule has 2 N–H and O–H groups in total. The lowest BCUT2D eigenvalue weighted by Gasteiger charge is -2.17. The number of rotatable bonds is 4. The van der Waals surface area contributed by atoms with Crippen molar-refractivity contribution in [1.29, 1.82) is 0 Å². The van der Waals surface area contributed by atoms with E-state index in [1.807, 2.05) is 30.3 Å². The SMILES string of the molecule is Cc1cc(C)c(NCC(O)c2ccccc2)c(C)c1.[HH]. The van der Waals surface area contributed by atoms with Crippen LogP contribution < -0.4 is 5.32 Å². The molecular formula is C17H23NO. The first-order chi connectivity index (χ1) is 9.08. The molecule has 0 fully saturated rings. The Morgan fingerprint density at radius 1 is 1.05 bits per heavy atom. The molecule has 1 atom stereocenters. The van der Waals surface area contributed by atoms with Gasteiger partial charge in [0.2, 0.25) is 0 Å². The number of nitrogens with one attached hydrogen (secondary N) is 1. The molecule has 2 aromatic carbocycles. The number of anilines is 1. The number of hydrogen-bond donors (Lipinski definition) is 2. The van der Waals surface area contributed by atoms with Crippen LogP contribution >= 0.6 is 0 Å². The van der Waals surface area contributed by atoms with E-state index in [1.165, 1.54) is 16.7 Å². The molecule has 0 spiro atoms. The Balaban J connectivity index is 0.00000200. The number of benzene rings is 2. The predicted octanol–water partition coefficient (Wildman–Crippen LogP) is 4.00. The van der Waals surface area contributed by atoms with Crippen molar-refractivity contribution in [2.45, 2.75) is 26.9 Å². The van der Waals surface area contributed by atoms with Gasteiger partial charge in [0.05, 0.1) is 6.10 Å². The Kier molecular flexibility index (Phi) is 4.23. The van der Waals surface area contributed by atoms with Crippen molar-refractivity contribution < 1.29 is 6.53 Å². The van der Waals surface area contributed by atoms with Gasteiger partial charge < -0.3 is 10.4 Å². The van der Waals surface area contributed by atoms with Crippen LogP contribution in [-0.4, -0.2) is 11.7 Å². The fourth-order valence-corrected chi connectivity index (χ4v) is 2.45. The van der Waals surface area contributed by atoms with Gasteiger partial charge in [-0.1, -0.05) is 48.0 Å². The number of aliphatic hydroxyl groups excluding tert-OH is 1. The molecule has 0 saturated heterocycles. The summed E-state index contributed by atoms with van der Waals surface area (Å²) < 4.78 is 0. The fraction of sp³-hybridized carbons (Fsp3) is 0.294. The zero-order valence-electron chi connectivity index (χ0n) is 11.8. The molecule has 0 aliphatic heterocycles. The first kappa shape index (κ1) is 13.6. The second kappa shape index (κ2) is 5.89. The average Bonchev–Trinajstić information content (AvgIpc) is 2.38. The third-order valence-electron chi connectivity index (χ3n) is 3.33. The molecule has 2 aromatic rings. The van der Waals surface area contributed by atoms with Crippen LogP contribution in [0.4, 0.5) is 5.69 Å². The van der Waals surface area contributed by atoms with Gasteiger partial charge in [0.1, 0.15) is 0 Å². The molecule has 0 bridgehead atoms. The van der Waals surface area contributed by atoms with Crippen molar-refractivity contribution in [3.8, 4) is 0 Å². The maximum atomic E-state index is 10.2. The Morgan fingerprint density at radius 2 is 1.63 bits per heavy atom. The average molecular weight is 257 g/mol. The summed E-state index contributed by atoms with van der Waals surface area (Å²) in [4.78, 5) is 0. The highest BCUT2D eigenvalue weighted by atomic mass is 16.3. The molecule has 1 unspecified atom stereocenters. The summed E-state index contributed by atoms with van der Waals surface area (Å²) in [6, 6.07) is 14.1. The monoisotopic (exact) mass is 257 g/mol. The van der Waals surface area contributed by atoms with Crippen LogP contribution in [0, 0.1) is 20.8 Å². The minimum absolute atomic E-state index is 0. The minimum atomic E-state index is -0.485. The van der Waals surface area contributed by atoms with E-state index >= 15 is 0 Å². The first-order valence-electron chi connectivity index (χ1n) is 6.62. The van der Waals surface area contributed by atoms with E-state index in [1.54, 1.807) is 0 Å². The Morgan fingerprint density at radius 3 is 2.21 bits per heavy atom. The van der Waals surface area contributed by atoms with E-state index in [2.05, 4.69) is 38.2 Å². The van der Waals surface area contributed by atoms with Crippen LogP contribution in [0.15, 0.2) is 42.5 Å². The smallest absolute Gasteiger partial charge is 0.0962 e. The Bertz CT molecular complexity index is 531. The number of aryl methyl sites for hydroxylation is 3. The predicted molar refractivity (Wildman–Crippen MR) is 82.7 cm³/mol. The lowest BCUT2D eigenvalue weighted by molar-refractivity contribution is 0.191. The van der Waals surface area contributed by atoms with Crippen molar-refractivity contribution in [1.82, 2.24) is 0 Å². The van der Waals surface area contributed by atoms with E-state index in [9.17, 15) is 5.11 Å². The van der Waals surface area contributed by atoms with Crippen molar-refractivity contribution in [3.05, 3.63) is 64.7 Å². The second-order valence-electron chi connectivity index (χ2n) is 5.08. The van der Waals surface area contributed by atoms with Crippen molar-refractivity contribution in [2.24, 2.45) is 0 Å². The topological polar surface area (TPSA) is 32.3 Å². The Labute approximate surface area is 116 Å². The van der Waals surface area contributed by atoms with Gasteiger partial charge in [0.25, 0.3) is 0 Å². The summed E-state index contributed by atoms with van der Waals surface area (Å²) in [5.41, 5.74) is 5.78. The van der Waals surface area contributed by atoms with Crippen molar-refractivity contribution in [2.75, 3.05) is 11.9 Å². The maximum Gasteiger partial charge on any atom is 0.0962 e. The molecule has 102 valence electrons. The van der Waals surface area contributed by atoms with E-state index < -0.39 is 6.10 Å². The zero-order chi connectivity index (χ0) is 13.8. The molecule has 0 aliphatic rings. The van der Waals surface area contributed by atoms with E-state index in [4.69, 9.17) is 0 Å². The molecule has 0 aromatic heterocycles. The molecule has 0 aliphatic carbocycles. The van der Waals surface area contributed by atoms with Gasteiger partial charge in [0, 0.05) is 13.7 Å². The summed E-state index contributed by atoms with van der Waals surface area (Å²) in [5.74, 6) is 0. The normalized spacial score (nSPS) is 12.2. The number of hydrogen-bond acceptors (Lipinski definition) is 2. The maximum absolute atomic E-state index is 10.2. The van der Waals surface area contributed by atoms with Crippen molar-refractivity contribution in [3.63, 3.8) is 0 Å². The lowest BCUT2D eigenvalue weighted by atomic mass is 10.0. The first-order valence-corrected chi connectivity index (χ1v) is 6.62. The highest BCUT2D eigenvalue weighted by molar-refractivity contribution is 5.58. The molecule has 0 heterocycles. The van der Waals surface area contributed by atoms with Gasteiger partial charge in [-0.15, -0.1) is 0 Å². The summed E-state index contributed by atoms with van der Waals surface area (Å²) in [7, 11) is 0. The third kappa shape index (κ3) is 3.36. The highest BCUT2D eigenvalue weighted by Crippen LogP contribution is 2.23. The molecule has 19 heavy (non-hydrogen) atoms. The van der Waals surface area contributed by atoms with Gasteiger partial charge in [-0.05, 0) is 37.5 Å². The minimum Gasteiger partial charge on any atom is -0.387 e.